The number of benzene rings is 1. The number of hydrogen-bond donors (Lipinski definition) is 1. The minimum atomic E-state index is -0.770. The highest BCUT2D eigenvalue weighted by Gasteiger charge is 2.40. The molecule has 3 amide bonds. The summed E-state index contributed by atoms with van der Waals surface area (Å²) in [7, 11) is 2.11. The summed E-state index contributed by atoms with van der Waals surface area (Å²) in [6.45, 7) is 11.7. The van der Waals surface area contributed by atoms with Crippen molar-refractivity contribution in [3.05, 3.63) is 58.2 Å². The van der Waals surface area contributed by atoms with Crippen molar-refractivity contribution in [3.8, 4) is 16.9 Å². The Bertz CT molecular complexity index is 1660. The van der Waals surface area contributed by atoms with E-state index >= 15 is 0 Å². The summed E-state index contributed by atoms with van der Waals surface area (Å²) >= 11 is 12.7. The first-order chi connectivity index (χ1) is 22.8. The number of carbonyl (C=O) groups is 2. The number of anilines is 1. The molecule has 0 bridgehead atoms. The van der Waals surface area contributed by atoms with E-state index in [0.29, 0.717) is 49.1 Å². The van der Waals surface area contributed by atoms with Gasteiger partial charge in [0.15, 0.2) is 11.6 Å². The lowest BCUT2D eigenvalue weighted by Gasteiger charge is -2.33. The molecule has 1 N–H and O–H groups in total. The predicted molar refractivity (Wildman–Crippen MR) is 182 cm³/mol. The minimum Gasteiger partial charge on any atom is -0.482 e. The fourth-order valence-electron chi connectivity index (χ4n) is 6.85. The first-order valence-electron chi connectivity index (χ1n) is 16.3. The van der Waals surface area contributed by atoms with Gasteiger partial charge in [-0.05, 0) is 77.6 Å². The number of pyridine rings is 1. The van der Waals surface area contributed by atoms with E-state index in [2.05, 4.69) is 27.3 Å². The molecule has 14 heteroatoms. The van der Waals surface area contributed by atoms with Crippen molar-refractivity contribution in [3.63, 3.8) is 0 Å². The lowest BCUT2D eigenvalue weighted by molar-refractivity contribution is 0.0184. The Hall–Kier alpha value is -3.61. The number of ether oxygens (including phenoxy) is 2. The van der Waals surface area contributed by atoms with Gasteiger partial charge >= 0.3 is 12.1 Å². The molecule has 0 radical (unpaired) electrons. The van der Waals surface area contributed by atoms with E-state index in [9.17, 15) is 14.0 Å². The van der Waals surface area contributed by atoms with Crippen molar-refractivity contribution in [2.24, 2.45) is 11.8 Å². The zero-order valence-electron chi connectivity index (χ0n) is 27.9. The predicted octanol–water partition coefficient (Wildman–Crippen LogP) is 7.13. The molecule has 0 saturated carbocycles. The molecule has 3 aromatic rings. The number of hydrogen-bond acceptors (Lipinski definition) is 7. The zero-order chi connectivity index (χ0) is 34.3. The van der Waals surface area contributed by atoms with E-state index in [4.69, 9.17) is 32.7 Å². The Morgan fingerprint density at radius 2 is 1.71 bits per heavy atom. The molecule has 0 unspecified atom stereocenters. The largest absolute Gasteiger partial charge is 0.482 e. The first-order valence-corrected chi connectivity index (χ1v) is 17.1. The van der Waals surface area contributed by atoms with Gasteiger partial charge in [-0.25, -0.2) is 19.0 Å². The Labute approximate surface area is 290 Å². The van der Waals surface area contributed by atoms with Crippen LogP contribution in [0.5, 0.6) is 5.75 Å². The van der Waals surface area contributed by atoms with E-state index in [-0.39, 0.29) is 39.8 Å². The van der Waals surface area contributed by atoms with Crippen LogP contribution in [0.4, 0.5) is 19.8 Å². The number of likely N-dealkylation sites (tertiary alicyclic amines) is 3. The van der Waals surface area contributed by atoms with E-state index in [1.54, 1.807) is 30.3 Å². The molecule has 0 spiro atoms. The number of urea groups is 1. The van der Waals surface area contributed by atoms with Crippen molar-refractivity contribution in [1.82, 2.24) is 29.5 Å². The Morgan fingerprint density at radius 1 is 1.02 bits per heavy atom. The summed E-state index contributed by atoms with van der Waals surface area (Å²) in [6, 6.07) is 4.27. The van der Waals surface area contributed by atoms with Gasteiger partial charge in [0.05, 0.1) is 17.3 Å². The van der Waals surface area contributed by atoms with E-state index in [1.807, 2.05) is 36.5 Å². The van der Waals surface area contributed by atoms with Gasteiger partial charge in [0.2, 0.25) is 0 Å². The molecular formula is C34H42Cl2FN7O4. The molecule has 3 atom stereocenters. The number of nitrogens with one attached hydrogen (secondary N) is 1. The molecule has 2 aromatic heterocycles. The maximum Gasteiger partial charge on any atom is 0.410 e. The molecule has 0 aliphatic carbocycles. The fraction of sp³-hybridized carbons (Fsp3) is 0.529. The van der Waals surface area contributed by atoms with Crippen LogP contribution in [-0.4, -0.2) is 93.5 Å². The van der Waals surface area contributed by atoms with Crippen molar-refractivity contribution in [2.75, 3.05) is 51.6 Å². The third-order valence-corrected chi connectivity index (χ3v) is 9.96. The molecule has 48 heavy (non-hydrogen) atoms. The number of fused-ring (bicyclic) bond motifs is 1. The normalized spacial score (nSPS) is 20.9. The van der Waals surface area contributed by atoms with Gasteiger partial charge in [-0.2, -0.15) is 5.10 Å². The summed E-state index contributed by atoms with van der Waals surface area (Å²) in [5.74, 6) is 0.800. The number of piperidine rings is 1. The highest BCUT2D eigenvalue weighted by atomic mass is 35.5. The van der Waals surface area contributed by atoms with Crippen molar-refractivity contribution >= 4 is 41.1 Å². The molecule has 258 valence electrons. The summed E-state index contributed by atoms with van der Waals surface area (Å²) in [6.07, 6.45) is 5.75. The van der Waals surface area contributed by atoms with Crippen LogP contribution in [0.3, 0.4) is 0 Å². The maximum absolute atomic E-state index is 14.4. The van der Waals surface area contributed by atoms with Gasteiger partial charge in [-0.3, -0.25) is 10.00 Å². The number of carbonyl (C=O) groups excluding carboxylic acids is 2. The fourth-order valence-corrected chi connectivity index (χ4v) is 7.53. The summed E-state index contributed by atoms with van der Waals surface area (Å²) in [4.78, 5) is 36.4. The molecule has 5 heterocycles. The van der Waals surface area contributed by atoms with Crippen molar-refractivity contribution in [2.45, 2.75) is 58.3 Å². The Balaban J connectivity index is 1.21. The van der Waals surface area contributed by atoms with Gasteiger partial charge in [-0.15, -0.1) is 0 Å². The monoisotopic (exact) mass is 701 g/mol. The number of halogens is 3. The minimum absolute atomic E-state index is 0.108. The lowest BCUT2D eigenvalue weighted by atomic mass is 10.0. The zero-order valence-corrected chi connectivity index (χ0v) is 29.4. The smallest absolute Gasteiger partial charge is 0.410 e. The Kier molecular flexibility index (Phi) is 9.79. The lowest BCUT2D eigenvalue weighted by Crippen LogP contribution is -2.42. The summed E-state index contributed by atoms with van der Waals surface area (Å²) in [5.41, 5.74) is 1.26. The second kappa shape index (κ2) is 13.7. The van der Waals surface area contributed by atoms with Crippen LogP contribution < -0.4 is 10.1 Å². The SMILES string of the molecule is C[C@@H](Oc1cc(-c2cnn(C3CCN(C(=O)OC(C)(C)C)CC3)c2)cnc1NC(=O)N1C[C@H]2CN(C)C[C@H]2C1)c1c(Cl)ccc(F)c1Cl. The topological polar surface area (TPSA) is 105 Å². The molecule has 6 rings (SSSR count). The van der Waals surface area contributed by atoms with Crippen LogP contribution in [0.2, 0.25) is 10.0 Å². The molecule has 3 saturated heterocycles. The van der Waals surface area contributed by atoms with Gasteiger partial charge in [0, 0.05) is 73.4 Å². The molecule has 3 fully saturated rings. The van der Waals surface area contributed by atoms with Gasteiger partial charge in [0.1, 0.15) is 17.5 Å². The number of amides is 3. The molecule has 3 aliphatic rings. The van der Waals surface area contributed by atoms with Gasteiger partial charge in [-0.1, -0.05) is 23.2 Å². The van der Waals surface area contributed by atoms with Crippen molar-refractivity contribution < 1.29 is 23.5 Å². The molecule has 3 aliphatic heterocycles. The van der Waals surface area contributed by atoms with Crippen molar-refractivity contribution in [1.29, 1.82) is 0 Å². The highest BCUT2D eigenvalue weighted by Crippen LogP contribution is 2.38. The maximum atomic E-state index is 14.4. The van der Waals surface area contributed by atoms with E-state index < -0.39 is 17.5 Å². The first kappa shape index (κ1) is 34.3. The standard InChI is InChI=1S/C34H42Cl2FN7O4/c1-20(29-26(35)6-7-27(37)30(29)36)47-28-12-21(13-38-31(28)40-32(45)43-17-23-15-41(5)16-24(23)18-43)22-14-39-44(19-22)25-8-10-42(11-9-25)33(46)48-34(2,3)4/h6-7,12-14,19-20,23-25H,8-11,15-18H2,1-5H3,(H,38,40,45)/t20-,23-,24+/m1/s1. The third-order valence-electron chi connectivity index (χ3n) is 9.25. The number of nitrogens with zero attached hydrogens (tertiary/aromatic N) is 6. The summed E-state index contributed by atoms with van der Waals surface area (Å²) < 4.78 is 28.2. The van der Waals surface area contributed by atoms with Crippen LogP contribution in [0.15, 0.2) is 36.8 Å². The van der Waals surface area contributed by atoms with Gasteiger partial charge < -0.3 is 24.2 Å². The van der Waals surface area contributed by atoms with Crippen LogP contribution in [0, 0.1) is 17.7 Å². The third kappa shape index (κ3) is 7.50. The number of aromatic nitrogens is 3. The second-order valence-corrected chi connectivity index (χ2v) is 14.9. The van der Waals surface area contributed by atoms with Gasteiger partial charge in [0.25, 0.3) is 0 Å². The van der Waals surface area contributed by atoms with Crippen LogP contribution in [0.1, 0.15) is 58.2 Å². The quantitative estimate of drug-likeness (QED) is 0.273. The average Bonchev–Trinajstić information content (AvgIpc) is 3.75. The molecular weight excluding hydrogens is 660 g/mol. The summed E-state index contributed by atoms with van der Waals surface area (Å²) in [5, 5.41) is 7.71. The molecule has 11 nitrogen and oxygen atoms in total. The van der Waals surface area contributed by atoms with Crippen LogP contribution in [-0.2, 0) is 4.74 Å². The number of rotatable bonds is 6. The van der Waals surface area contributed by atoms with Crippen LogP contribution >= 0.6 is 23.2 Å². The second-order valence-electron chi connectivity index (χ2n) is 14.1. The average molecular weight is 703 g/mol. The van der Waals surface area contributed by atoms with E-state index in [1.165, 1.54) is 12.1 Å². The molecule has 1 aromatic carbocycles. The van der Waals surface area contributed by atoms with E-state index in [0.717, 1.165) is 31.5 Å². The van der Waals surface area contributed by atoms with Crippen LogP contribution in [0.25, 0.3) is 11.1 Å². The highest BCUT2D eigenvalue weighted by molar-refractivity contribution is 6.36. The Morgan fingerprint density at radius 3 is 2.38 bits per heavy atom.